The largest absolute Gasteiger partial charge is 0.508 e. The molecular formula is C10H7BO. The Hall–Kier alpha value is -1.44. The van der Waals surface area contributed by atoms with Gasteiger partial charge in [0.15, 0.2) is 0 Å². The summed E-state index contributed by atoms with van der Waals surface area (Å²) < 4.78 is 0. The number of hydrogen-bond acceptors (Lipinski definition) is 1. The Balaban J connectivity index is 2.91. The molecule has 0 aliphatic heterocycles. The molecule has 0 aliphatic rings. The van der Waals surface area contributed by atoms with Crippen molar-refractivity contribution in [3.63, 3.8) is 0 Å². The molecule has 0 spiro atoms. The molecule has 12 heavy (non-hydrogen) atoms. The van der Waals surface area contributed by atoms with Gasteiger partial charge >= 0.3 is 0 Å². The SMILES string of the molecule is [B]c1ccc2ccccc2c1O. The molecule has 2 aromatic carbocycles. The lowest BCUT2D eigenvalue weighted by Gasteiger charge is -2.03. The molecule has 0 fully saturated rings. The summed E-state index contributed by atoms with van der Waals surface area (Å²) in [5, 5.41) is 11.3. The molecule has 0 heterocycles. The van der Waals surface area contributed by atoms with Gasteiger partial charge in [-0.2, -0.15) is 0 Å². The second-order valence-corrected chi connectivity index (χ2v) is 2.72. The maximum absolute atomic E-state index is 9.53. The fourth-order valence-corrected chi connectivity index (χ4v) is 1.27. The Morgan fingerprint density at radius 2 is 1.75 bits per heavy atom. The Labute approximate surface area is 72.1 Å². The molecule has 0 amide bonds. The quantitative estimate of drug-likeness (QED) is 0.567. The normalized spacial score (nSPS) is 10.3. The standard InChI is InChI=1S/C10H7BO/c11-9-6-5-7-3-1-2-4-8(7)10(9)12/h1-6,12H. The maximum atomic E-state index is 9.53. The Kier molecular flexibility index (Phi) is 1.54. The number of aromatic hydroxyl groups is 1. The van der Waals surface area contributed by atoms with Gasteiger partial charge in [0, 0.05) is 5.39 Å². The molecule has 2 radical (unpaired) electrons. The van der Waals surface area contributed by atoms with Crippen molar-refractivity contribution < 1.29 is 5.11 Å². The topological polar surface area (TPSA) is 20.2 Å². The van der Waals surface area contributed by atoms with E-state index in [2.05, 4.69) is 0 Å². The summed E-state index contributed by atoms with van der Waals surface area (Å²) in [7, 11) is 5.54. The van der Waals surface area contributed by atoms with Crippen LogP contribution in [-0.4, -0.2) is 13.0 Å². The van der Waals surface area contributed by atoms with Gasteiger partial charge in [0.05, 0.1) is 0 Å². The van der Waals surface area contributed by atoms with E-state index in [9.17, 15) is 5.11 Å². The van der Waals surface area contributed by atoms with E-state index < -0.39 is 0 Å². The van der Waals surface area contributed by atoms with E-state index in [-0.39, 0.29) is 5.75 Å². The second kappa shape index (κ2) is 2.56. The molecule has 0 atom stereocenters. The summed E-state index contributed by atoms with van der Waals surface area (Å²) in [4.78, 5) is 0. The maximum Gasteiger partial charge on any atom is 0.119 e. The molecule has 0 aliphatic carbocycles. The van der Waals surface area contributed by atoms with Crippen molar-refractivity contribution in [2.75, 3.05) is 0 Å². The first-order valence-electron chi connectivity index (χ1n) is 3.75. The van der Waals surface area contributed by atoms with Gasteiger partial charge in [0.1, 0.15) is 13.6 Å². The van der Waals surface area contributed by atoms with Crippen LogP contribution in [0.4, 0.5) is 0 Å². The zero-order valence-electron chi connectivity index (χ0n) is 6.49. The van der Waals surface area contributed by atoms with E-state index in [0.717, 1.165) is 10.8 Å². The van der Waals surface area contributed by atoms with E-state index in [1.165, 1.54) is 0 Å². The lowest BCUT2D eigenvalue weighted by molar-refractivity contribution is 0.486. The van der Waals surface area contributed by atoms with Crippen LogP contribution in [0.5, 0.6) is 5.75 Å². The van der Waals surface area contributed by atoms with Crippen molar-refractivity contribution in [2.45, 2.75) is 0 Å². The van der Waals surface area contributed by atoms with Gasteiger partial charge in [-0.15, -0.1) is 0 Å². The van der Waals surface area contributed by atoms with Crippen LogP contribution < -0.4 is 5.46 Å². The molecule has 0 unspecified atom stereocenters. The molecular weight excluding hydrogens is 147 g/mol. The van der Waals surface area contributed by atoms with Crippen LogP contribution in [0.25, 0.3) is 10.8 Å². The second-order valence-electron chi connectivity index (χ2n) is 2.72. The molecule has 2 rings (SSSR count). The highest BCUT2D eigenvalue weighted by molar-refractivity contribution is 6.35. The van der Waals surface area contributed by atoms with Crippen LogP contribution in [0.1, 0.15) is 0 Å². The van der Waals surface area contributed by atoms with Gasteiger partial charge in [-0.1, -0.05) is 41.9 Å². The van der Waals surface area contributed by atoms with Crippen molar-refractivity contribution in [1.29, 1.82) is 0 Å². The lowest BCUT2D eigenvalue weighted by atomic mass is 9.92. The third kappa shape index (κ3) is 0.963. The molecule has 0 saturated heterocycles. The number of benzene rings is 2. The minimum absolute atomic E-state index is 0.174. The summed E-state index contributed by atoms with van der Waals surface area (Å²) in [6, 6.07) is 11.2. The summed E-state index contributed by atoms with van der Waals surface area (Å²) in [6.45, 7) is 0. The minimum atomic E-state index is 0.174. The Morgan fingerprint density at radius 1 is 1.00 bits per heavy atom. The van der Waals surface area contributed by atoms with Crippen LogP contribution in [0.2, 0.25) is 0 Å². The average molecular weight is 154 g/mol. The Morgan fingerprint density at radius 3 is 2.58 bits per heavy atom. The van der Waals surface area contributed by atoms with E-state index >= 15 is 0 Å². The van der Waals surface area contributed by atoms with Crippen molar-refractivity contribution in [2.24, 2.45) is 0 Å². The van der Waals surface area contributed by atoms with Gasteiger partial charge in [0.2, 0.25) is 0 Å². The van der Waals surface area contributed by atoms with Crippen LogP contribution in [0.3, 0.4) is 0 Å². The Bertz CT molecular complexity index is 423. The molecule has 56 valence electrons. The van der Waals surface area contributed by atoms with Crippen LogP contribution in [-0.2, 0) is 0 Å². The number of rotatable bonds is 0. The van der Waals surface area contributed by atoms with Gasteiger partial charge in [0.25, 0.3) is 0 Å². The van der Waals surface area contributed by atoms with Gasteiger partial charge in [-0.3, -0.25) is 0 Å². The van der Waals surface area contributed by atoms with Gasteiger partial charge in [-0.05, 0) is 5.39 Å². The van der Waals surface area contributed by atoms with E-state index in [0.29, 0.717) is 5.46 Å². The molecule has 2 aromatic rings. The van der Waals surface area contributed by atoms with Crippen molar-refractivity contribution in [3.8, 4) is 5.75 Å². The van der Waals surface area contributed by atoms with E-state index in [1.807, 2.05) is 30.3 Å². The molecule has 2 heteroatoms. The summed E-state index contributed by atoms with van der Waals surface area (Å²) in [5.74, 6) is 0.174. The molecule has 0 bridgehead atoms. The number of phenolic OH excluding ortho intramolecular Hbond substituents is 1. The fourth-order valence-electron chi connectivity index (χ4n) is 1.27. The van der Waals surface area contributed by atoms with Crippen molar-refractivity contribution >= 4 is 24.1 Å². The predicted octanol–water partition coefficient (Wildman–Crippen LogP) is 1.34. The zero-order chi connectivity index (χ0) is 8.55. The van der Waals surface area contributed by atoms with E-state index in [1.54, 1.807) is 6.07 Å². The minimum Gasteiger partial charge on any atom is -0.508 e. The predicted molar refractivity (Wildman–Crippen MR) is 51.0 cm³/mol. The summed E-state index contributed by atoms with van der Waals surface area (Å²) in [5.41, 5.74) is 0.425. The molecule has 0 aromatic heterocycles. The summed E-state index contributed by atoms with van der Waals surface area (Å²) >= 11 is 0. The molecule has 1 N–H and O–H groups in total. The van der Waals surface area contributed by atoms with Crippen molar-refractivity contribution in [1.82, 2.24) is 0 Å². The van der Waals surface area contributed by atoms with Crippen LogP contribution in [0.15, 0.2) is 36.4 Å². The van der Waals surface area contributed by atoms with Gasteiger partial charge in [-0.25, -0.2) is 0 Å². The fraction of sp³-hybridized carbons (Fsp3) is 0. The highest BCUT2D eigenvalue weighted by atomic mass is 16.3. The first kappa shape index (κ1) is 7.23. The number of phenols is 1. The number of hydrogen-bond donors (Lipinski definition) is 1. The third-order valence-electron chi connectivity index (χ3n) is 1.93. The zero-order valence-corrected chi connectivity index (χ0v) is 6.49. The first-order chi connectivity index (χ1) is 5.79. The average Bonchev–Trinajstić information content (AvgIpc) is 2.12. The van der Waals surface area contributed by atoms with Gasteiger partial charge < -0.3 is 5.11 Å². The molecule has 1 nitrogen and oxygen atoms in total. The monoisotopic (exact) mass is 154 g/mol. The van der Waals surface area contributed by atoms with Crippen LogP contribution in [0, 0.1) is 0 Å². The van der Waals surface area contributed by atoms with E-state index in [4.69, 9.17) is 7.85 Å². The van der Waals surface area contributed by atoms with Crippen LogP contribution >= 0.6 is 0 Å². The summed E-state index contributed by atoms with van der Waals surface area (Å²) in [6.07, 6.45) is 0. The number of fused-ring (bicyclic) bond motifs is 1. The first-order valence-corrected chi connectivity index (χ1v) is 3.75. The molecule has 0 saturated carbocycles. The van der Waals surface area contributed by atoms with Crippen molar-refractivity contribution in [3.05, 3.63) is 36.4 Å². The highest BCUT2D eigenvalue weighted by Crippen LogP contribution is 2.20. The third-order valence-corrected chi connectivity index (χ3v) is 1.93. The lowest BCUT2D eigenvalue weighted by Crippen LogP contribution is -2.01. The smallest absolute Gasteiger partial charge is 0.119 e. The highest BCUT2D eigenvalue weighted by Gasteiger charge is 1.99.